The fourth-order valence-electron chi connectivity index (χ4n) is 2.65. The van der Waals surface area contributed by atoms with Crippen molar-refractivity contribution in [2.24, 2.45) is 16.5 Å². The maximum absolute atomic E-state index is 12.9. The number of nitrogens with two attached hydrogens (primary N) is 2. The van der Waals surface area contributed by atoms with Crippen molar-refractivity contribution in [3.8, 4) is 11.4 Å². The number of hydrogen-bond donors (Lipinski definition) is 2. The first kappa shape index (κ1) is 19.0. The number of hydrogen-bond acceptors (Lipinski definition) is 3. The SMILES string of the molecule is COc1ccccc1-n1cc(C(=O)N=C(N)N)c2ccccc2c1=O.Cl. The van der Waals surface area contributed by atoms with Crippen LogP contribution in [-0.2, 0) is 0 Å². The third kappa shape index (κ3) is 3.38. The van der Waals surface area contributed by atoms with E-state index in [9.17, 15) is 9.59 Å². The summed E-state index contributed by atoms with van der Waals surface area (Å²) in [5, 5.41) is 0.860. The highest BCUT2D eigenvalue weighted by molar-refractivity contribution is 6.10. The summed E-state index contributed by atoms with van der Waals surface area (Å²) in [6.07, 6.45) is 1.43. The number of para-hydroxylation sites is 2. The van der Waals surface area contributed by atoms with Gasteiger partial charge in [-0.25, -0.2) is 0 Å². The molecule has 0 radical (unpaired) electrons. The van der Waals surface area contributed by atoms with E-state index in [0.717, 1.165) is 0 Å². The highest BCUT2D eigenvalue weighted by Crippen LogP contribution is 2.24. The Morgan fingerprint density at radius 1 is 1.04 bits per heavy atom. The summed E-state index contributed by atoms with van der Waals surface area (Å²) >= 11 is 0. The van der Waals surface area contributed by atoms with E-state index in [-0.39, 0.29) is 29.5 Å². The van der Waals surface area contributed by atoms with Gasteiger partial charge in [-0.05, 0) is 18.2 Å². The minimum absolute atomic E-state index is 0. The van der Waals surface area contributed by atoms with Gasteiger partial charge < -0.3 is 16.2 Å². The van der Waals surface area contributed by atoms with Crippen LogP contribution in [0.25, 0.3) is 16.5 Å². The molecule has 134 valence electrons. The Morgan fingerprint density at radius 2 is 1.65 bits per heavy atom. The molecule has 0 saturated carbocycles. The van der Waals surface area contributed by atoms with Gasteiger partial charge in [0.1, 0.15) is 5.75 Å². The fraction of sp³-hybridized carbons (Fsp3) is 0.0556. The minimum Gasteiger partial charge on any atom is -0.495 e. The smallest absolute Gasteiger partial charge is 0.282 e. The molecule has 0 saturated heterocycles. The zero-order valence-electron chi connectivity index (χ0n) is 13.9. The zero-order chi connectivity index (χ0) is 18.0. The summed E-state index contributed by atoms with van der Waals surface area (Å²) in [5.74, 6) is -0.468. The summed E-state index contributed by atoms with van der Waals surface area (Å²) in [6.45, 7) is 0. The van der Waals surface area contributed by atoms with E-state index in [1.807, 2.05) is 0 Å². The second kappa shape index (κ2) is 7.71. The van der Waals surface area contributed by atoms with Crippen LogP contribution in [0, 0.1) is 0 Å². The fourth-order valence-corrected chi connectivity index (χ4v) is 2.65. The Balaban J connectivity index is 0.00000243. The Labute approximate surface area is 155 Å². The van der Waals surface area contributed by atoms with Crippen LogP contribution in [0.1, 0.15) is 10.4 Å². The second-order valence-electron chi connectivity index (χ2n) is 5.28. The molecule has 2 aromatic carbocycles. The monoisotopic (exact) mass is 372 g/mol. The first-order valence-electron chi connectivity index (χ1n) is 7.44. The van der Waals surface area contributed by atoms with E-state index in [1.54, 1.807) is 48.5 Å². The zero-order valence-corrected chi connectivity index (χ0v) is 14.7. The van der Waals surface area contributed by atoms with Crippen LogP contribution in [-0.4, -0.2) is 23.5 Å². The van der Waals surface area contributed by atoms with Gasteiger partial charge >= 0.3 is 0 Å². The first-order chi connectivity index (χ1) is 12.0. The molecule has 4 N–H and O–H groups in total. The van der Waals surface area contributed by atoms with Crippen molar-refractivity contribution in [1.29, 1.82) is 0 Å². The molecular formula is C18H17ClN4O3. The largest absolute Gasteiger partial charge is 0.495 e. The third-order valence-electron chi connectivity index (χ3n) is 3.73. The van der Waals surface area contributed by atoms with Gasteiger partial charge in [0.15, 0.2) is 5.96 Å². The molecule has 0 aliphatic heterocycles. The Morgan fingerprint density at radius 3 is 2.31 bits per heavy atom. The molecule has 1 amide bonds. The number of amides is 1. The number of methoxy groups -OCH3 is 1. The van der Waals surface area contributed by atoms with Gasteiger partial charge in [0.05, 0.1) is 18.4 Å². The molecule has 0 fully saturated rings. The quantitative estimate of drug-likeness (QED) is 0.538. The first-order valence-corrected chi connectivity index (χ1v) is 7.44. The summed E-state index contributed by atoms with van der Waals surface area (Å²) in [4.78, 5) is 28.9. The van der Waals surface area contributed by atoms with Crippen molar-refractivity contribution in [2.75, 3.05) is 7.11 Å². The van der Waals surface area contributed by atoms with E-state index in [0.29, 0.717) is 22.2 Å². The number of pyridine rings is 1. The lowest BCUT2D eigenvalue weighted by atomic mass is 10.1. The Hall–Kier alpha value is -3.32. The molecular weight excluding hydrogens is 356 g/mol. The lowest BCUT2D eigenvalue weighted by Gasteiger charge is -2.13. The molecule has 3 aromatic rings. The average Bonchev–Trinajstić information content (AvgIpc) is 2.61. The number of guanidine groups is 1. The molecule has 1 aromatic heterocycles. The summed E-state index contributed by atoms with van der Waals surface area (Å²) in [5.41, 5.74) is 11.1. The number of benzene rings is 2. The number of aromatic nitrogens is 1. The Kier molecular flexibility index (Phi) is 5.64. The van der Waals surface area contributed by atoms with Crippen LogP contribution in [0.15, 0.2) is 64.5 Å². The van der Waals surface area contributed by atoms with Gasteiger partial charge in [0.25, 0.3) is 11.5 Å². The molecule has 8 heteroatoms. The number of carbonyl (C=O) groups excluding carboxylic acids is 1. The van der Waals surface area contributed by atoms with E-state index < -0.39 is 5.91 Å². The van der Waals surface area contributed by atoms with E-state index in [2.05, 4.69) is 4.99 Å². The highest BCUT2D eigenvalue weighted by Gasteiger charge is 2.16. The molecule has 7 nitrogen and oxygen atoms in total. The van der Waals surface area contributed by atoms with Crippen molar-refractivity contribution in [3.63, 3.8) is 0 Å². The van der Waals surface area contributed by atoms with E-state index >= 15 is 0 Å². The molecule has 0 bridgehead atoms. The molecule has 0 unspecified atom stereocenters. The van der Waals surface area contributed by atoms with Crippen molar-refractivity contribution in [3.05, 3.63) is 70.6 Å². The number of carbonyl (C=O) groups is 1. The predicted molar refractivity (Wildman–Crippen MR) is 103 cm³/mol. The predicted octanol–water partition coefficient (Wildman–Crippen LogP) is 1.83. The molecule has 0 atom stereocenters. The van der Waals surface area contributed by atoms with Crippen LogP contribution in [0.4, 0.5) is 0 Å². The molecule has 0 aliphatic carbocycles. The maximum atomic E-state index is 12.9. The van der Waals surface area contributed by atoms with Crippen LogP contribution in [0.2, 0.25) is 0 Å². The number of aliphatic imine (C=N–C) groups is 1. The molecule has 3 rings (SSSR count). The maximum Gasteiger partial charge on any atom is 0.282 e. The number of ether oxygens (including phenoxy) is 1. The van der Waals surface area contributed by atoms with Gasteiger partial charge in [0.2, 0.25) is 0 Å². The average molecular weight is 373 g/mol. The van der Waals surface area contributed by atoms with Gasteiger partial charge in [0, 0.05) is 17.0 Å². The summed E-state index contributed by atoms with van der Waals surface area (Å²) in [7, 11) is 1.51. The summed E-state index contributed by atoms with van der Waals surface area (Å²) in [6, 6.07) is 13.8. The van der Waals surface area contributed by atoms with Crippen molar-refractivity contribution in [2.45, 2.75) is 0 Å². The van der Waals surface area contributed by atoms with Crippen molar-refractivity contribution in [1.82, 2.24) is 4.57 Å². The third-order valence-corrected chi connectivity index (χ3v) is 3.73. The van der Waals surface area contributed by atoms with Gasteiger partial charge in [-0.15, -0.1) is 12.4 Å². The number of fused-ring (bicyclic) bond motifs is 1. The minimum atomic E-state index is -0.625. The Bertz CT molecular complexity index is 1060. The highest BCUT2D eigenvalue weighted by atomic mass is 35.5. The summed E-state index contributed by atoms with van der Waals surface area (Å²) < 4.78 is 6.68. The second-order valence-corrected chi connectivity index (χ2v) is 5.28. The molecule has 0 aliphatic rings. The van der Waals surface area contributed by atoms with Crippen LogP contribution < -0.4 is 21.8 Å². The topological polar surface area (TPSA) is 113 Å². The standard InChI is InChI=1S/C18H16N4O3.ClH/c1-25-15-9-5-4-8-14(15)22-10-13(16(23)21-18(19)20)11-6-2-3-7-12(11)17(22)24;/h2-10H,1H3,(H4,19,20,21,23);1H. The number of rotatable bonds is 3. The van der Waals surface area contributed by atoms with Crippen LogP contribution in [0.3, 0.4) is 0 Å². The van der Waals surface area contributed by atoms with Crippen molar-refractivity contribution >= 4 is 35.0 Å². The van der Waals surface area contributed by atoms with Crippen molar-refractivity contribution < 1.29 is 9.53 Å². The van der Waals surface area contributed by atoms with Gasteiger partial charge in [-0.3, -0.25) is 14.2 Å². The number of halogens is 1. The molecule has 1 heterocycles. The molecule has 26 heavy (non-hydrogen) atoms. The number of nitrogens with zero attached hydrogens (tertiary/aromatic N) is 2. The lowest BCUT2D eigenvalue weighted by Crippen LogP contribution is -2.25. The lowest BCUT2D eigenvalue weighted by molar-refractivity contribution is 0.100. The van der Waals surface area contributed by atoms with Crippen LogP contribution >= 0.6 is 12.4 Å². The normalized spacial score (nSPS) is 10.0. The van der Waals surface area contributed by atoms with Gasteiger partial charge in [-0.2, -0.15) is 4.99 Å². The van der Waals surface area contributed by atoms with Gasteiger partial charge in [-0.1, -0.05) is 30.3 Å². The van der Waals surface area contributed by atoms with E-state index in [4.69, 9.17) is 16.2 Å². The molecule has 0 spiro atoms. The van der Waals surface area contributed by atoms with Crippen LogP contribution in [0.5, 0.6) is 5.75 Å². The van der Waals surface area contributed by atoms with E-state index in [1.165, 1.54) is 17.9 Å².